The highest BCUT2D eigenvalue weighted by molar-refractivity contribution is 5.51. The molecule has 0 saturated carbocycles. The van der Waals surface area contributed by atoms with E-state index in [4.69, 9.17) is 10.00 Å². The van der Waals surface area contributed by atoms with Gasteiger partial charge in [-0.15, -0.1) is 0 Å². The molecule has 2 aromatic rings. The third-order valence-electron chi connectivity index (χ3n) is 3.51. The lowest BCUT2D eigenvalue weighted by Gasteiger charge is -2.26. The number of nitrogens with one attached hydrogen (secondary N) is 1. The number of nitriles is 1. The minimum absolute atomic E-state index is 0.102. The summed E-state index contributed by atoms with van der Waals surface area (Å²) in [7, 11) is 5.70. The molecule has 5 heteroatoms. The van der Waals surface area contributed by atoms with Crippen molar-refractivity contribution in [2.75, 3.05) is 33.1 Å². The molecule has 2 rings (SSSR count). The molecule has 0 spiro atoms. The molecule has 0 bridgehead atoms. The highest BCUT2D eigenvalue weighted by Crippen LogP contribution is 2.28. The van der Waals surface area contributed by atoms with Crippen molar-refractivity contribution in [1.82, 2.24) is 9.88 Å². The number of benzene rings is 1. The first-order valence-corrected chi connectivity index (χ1v) is 7.05. The van der Waals surface area contributed by atoms with Crippen LogP contribution in [0.3, 0.4) is 0 Å². The number of hydrogen-bond acceptors (Lipinski definition) is 5. The van der Waals surface area contributed by atoms with E-state index in [0.717, 1.165) is 11.3 Å². The van der Waals surface area contributed by atoms with Gasteiger partial charge >= 0.3 is 0 Å². The summed E-state index contributed by atoms with van der Waals surface area (Å²) in [6.07, 6.45) is 1.68. The second kappa shape index (κ2) is 7.43. The lowest BCUT2D eigenvalue weighted by molar-refractivity contribution is 0.300. The van der Waals surface area contributed by atoms with E-state index in [2.05, 4.69) is 27.3 Å². The number of hydrogen-bond donors (Lipinski definition) is 1. The molecule has 1 heterocycles. The normalized spacial score (nSPS) is 11.8. The molecule has 1 N–H and O–H groups in total. The molecule has 1 aromatic carbocycles. The SMILES string of the molecule is COc1ccccc1C(CNc1ncccc1C#N)N(C)C. The average Bonchev–Trinajstić information content (AvgIpc) is 2.55. The molecule has 0 aliphatic carbocycles. The standard InChI is InChI=1S/C17H20N4O/c1-21(2)15(14-8-4-5-9-16(14)22-3)12-20-17-13(11-18)7-6-10-19-17/h4-10,15H,12H2,1-3H3,(H,19,20). The zero-order chi connectivity index (χ0) is 15.9. The van der Waals surface area contributed by atoms with Crippen molar-refractivity contribution in [2.24, 2.45) is 0 Å². The Kier molecular flexibility index (Phi) is 5.34. The smallest absolute Gasteiger partial charge is 0.143 e. The quantitative estimate of drug-likeness (QED) is 0.888. The molecule has 0 saturated heterocycles. The van der Waals surface area contributed by atoms with E-state index < -0.39 is 0 Å². The Bertz CT molecular complexity index is 664. The van der Waals surface area contributed by atoms with E-state index in [9.17, 15) is 0 Å². The molecule has 1 aromatic heterocycles. The third-order valence-corrected chi connectivity index (χ3v) is 3.51. The van der Waals surface area contributed by atoms with Crippen LogP contribution in [0.4, 0.5) is 5.82 Å². The van der Waals surface area contributed by atoms with Crippen LogP contribution in [0.1, 0.15) is 17.2 Å². The van der Waals surface area contributed by atoms with Gasteiger partial charge < -0.3 is 15.0 Å². The van der Waals surface area contributed by atoms with E-state index in [-0.39, 0.29) is 6.04 Å². The number of para-hydroxylation sites is 1. The Balaban J connectivity index is 2.22. The van der Waals surface area contributed by atoms with Crippen LogP contribution >= 0.6 is 0 Å². The molecule has 1 atom stereocenters. The molecule has 0 fully saturated rings. The first-order valence-electron chi connectivity index (χ1n) is 7.05. The fraction of sp³-hybridized carbons (Fsp3) is 0.294. The van der Waals surface area contributed by atoms with Crippen molar-refractivity contribution < 1.29 is 4.74 Å². The maximum atomic E-state index is 9.13. The Morgan fingerprint density at radius 1 is 1.27 bits per heavy atom. The molecule has 22 heavy (non-hydrogen) atoms. The molecular weight excluding hydrogens is 276 g/mol. The summed E-state index contributed by atoms with van der Waals surface area (Å²) in [5.74, 6) is 1.45. The minimum Gasteiger partial charge on any atom is -0.496 e. The lowest BCUT2D eigenvalue weighted by Crippen LogP contribution is -2.27. The van der Waals surface area contributed by atoms with Crippen LogP contribution in [0, 0.1) is 11.3 Å². The highest BCUT2D eigenvalue weighted by atomic mass is 16.5. The fourth-order valence-corrected chi connectivity index (χ4v) is 2.34. The number of aromatic nitrogens is 1. The van der Waals surface area contributed by atoms with Crippen molar-refractivity contribution in [2.45, 2.75) is 6.04 Å². The maximum absolute atomic E-state index is 9.13. The summed E-state index contributed by atoms with van der Waals surface area (Å²) < 4.78 is 5.45. The first-order chi connectivity index (χ1) is 10.7. The summed E-state index contributed by atoms with van der Waals surface area (Å²) in [4.78, 5) is 6.34. The predicted molar refractivity (Wildman–Crippen MR) is 86.9 cm³/mol. The predicted octanol–water partition coefficient (Wildman–Crippen LogP) is 2.68. The number of pyridine rings is 1. The maximum Gasteiger partial charge on any atom is 0.143 e. The van der Waals surface area contributed by atoms with Gasteiger partial charge in [0.1, 0.15) is 17.6 Å². The van der Waals surface area contributed by atoms with E-state index in [1.807, 2.05) is 32.3 Å². The molecule has 0 aliphatic heterocycles. The van der Waals surface area contributed by atoms with Crippen molar-refractivity contribution in [1.29, 1.82) is 5.26 Å². The van der Waals surface area contributed by atoms with Gasteiger partial charge in [-0.2, -0.15) is 5.26 Å². The number of nitrogens with zero attached hydrogens (tertiary/aromatic N) is 3. The van der Waals surface area contributed by atoms with Crippen LogP contribution in [-0.4, -0.2) is 37.6 Å². The molecule has 0 radical (unpaired) electrons. The first kappa shape index (κ1) is 15.8. The molecule has 114 valence electrons. The Morgan fingerprint density at radius 2 is 2.05 bits per heavy atom. The fourth-order valence-electron chi connectivity index (χ4n) is 2.34. The van der Waals surface area contributed by atoms with Gasteiger partial charge in [0, 0.05) is 18.3 Å². The van der Waals surface area contributed by atoms with Crippen molar-refractivity contribution in [3.8, 4) is 11.8 Å². The lowest BCUT2D eigenvalue weighted by atomic mass is 10.0. The number of anilines is 1. The van der Waals surface area contributed by atoms with Gasteiger partial charge in [0.25, 0.3) is 0 Å². The third kappa shape index (κ3) is 3.54. The zero-order valence-corrected chi connectivity index (χ0v) is 13.1. The Morgan fingerprint density at radius 3 is 2.73 bits per heavy atom. The molecule has 1 unspecified atom stereocenters. The number of rotatable bonds is 6. The van der Waals surface area contributed by atoms with Crippen LogP contribution in [-0.2, 0) is 0 Å². The van der Waals surface area contributed by atoms with Crippen LogP contribution in [0.25, 0.3) is 0 Å². The summed E-state index contributed by atoms with van der Waals surface area (Å²) in [6, 6.07) is 13.7. The zero-order valence-electron chi connectivity index (χ0n) is 13.1. The van der Waals surface area contributed by atoms with Gasteiger partial charge in [0.05, 0.1) is 18.7 Å². The largest absolute Gasteiger partial charge is 0.496 e. The number of methoxy groups -OCH3 is 1. The summed E-state index contributed by atoms with van der Waals surface area (Å²) >= 11 is 0. The second-order valence-corrected chi connectivity index (χ2v) is 5.11. The van der Waals surface area contributed by atoms with Gasteiger partial charge in [-0.3, -0.25) is 0 Å². The van der Waals surface area contributed by atoms with E-state index in [1.54, 1.807) is 25.4 Å². The van der Waals surface area contributed by atoms with Crippen molar-refractivity contribution in [3.63, 3.8) is 0 Å². The average molecular weight is 296 g/mol. The van der Waals surface area contributed by atoms with Crippen LogP contribution in [0.2, 0.25) is 0 Å². The second-order valence-electron chi connectivity index (χ2n) is 5.11. The Hall–Kier alpha value is -2.58. The van der Waals surface area contributed by atoms with E-state index in [1.165, 1.54) is 0 Å². The van der Waals surface area contributed by atoms with Gasteiger partial charge in [-0.25, -0.2) is 4.98 Å². The van der Waals surface area contributed by atoms with Gasteiger partial charge in [0.2, 0.25) is 0 Å². The number of likely N-dealkylation sites (N-methyl/N-ethyl adjacent to an activating group) is 1. The van der Waals surface area contributed by atoms with Gasteiger partial charge in [0.15, 0.2) is 0 Å². The molecule has 0 amide bonds. The highest BCUT2D eigenvalue weighted by Gasteiger charge is 2.18. The van der Waals surface area contributed by atoms with Crippen molar-refractivity contribution >= 4 is 5.82 Å². The minimum atomic E-state index is 0.102. The van der Waals surface area contributed by atoms with Gasteiger partial charge in [-0.05, 0) is 32.3 Å². The summed E-state index contributed by atoms with van der Waals surface area (Å²) in [6.45, 7) is 0.624. The van der Waals surface area contributed by atoms with Crippen molar-refractivity contribution in [3.05, 3.63) is 53.7 Å². The van der Waals surface area contributed by atoms with Crippen LogP contribution in [0.15, 0.2) is 42.6 Å². The van der Waals surface area contributed by atoms with E-state index >= 15 is 0 Å². The van der Waals surface area contributed by atoms with E-state index in [0.29, 0.717) is 17.9 Å². The van der Waals surface area contributed by atoms with Gasteiger partial charge in [-0.1, -0.05) is 18.2 Å². The van der Waals surface area contributed by atoms with Crippen LogP contribution < -0.4 is 10.1 Å². The number of ether oxygens (including phenoxy) is 1. The summed E-state index contributed by atoms with van der Waals surface area (Å²) in [5, 5.41) is 12.4. The summed E-state index contributed by atoms with van der Waals surface area (Å²) in [5.41, 5.74) is 1.64. The molecular formula is C17H20N4O. The Labute approximate surface area is 131 Å². The molecule has 0 aliphatic rings. The van der Waals surface area contributed by atoms with Crippen LogP contribution in [0.5, 0.6) is 5.75 Å². The monoisotopic (exact) mass is 296 g/mol. The topological polar surface area (TPSA) is 61.2 Å². The molecule has 5 nitrogen and oxygen atoms in total.